The van der Waals surface area contributed by atoms with E-state index in [2.05, 4.69) is 31.1 Å². The Bertz CT molecular complexity index is 953. The van der Waals surface area contributed by atoms with E-state index in [1.807, 2.05) is 30.3 Å². The van der Waals surface area contributed by atoms with Crippen LogP contribution in [-0.2, 0) is 39.8 Å². The molecule has 0 bridgehead atoms. The van der Waals surface area contributed by atoms with Gasteiger partial charge in [0, 0.05) is 28.9 Å². The Balaban J connectivity index is 0.000000989. The Kier molecular flexibility index (Phi) is 16.5. The predicted octanol–water partition coefficient (Wildman–Crippen LogP) is 3.16. The first-order valence-corrected chi connectivity index (χ1v) is 11.5. The number of ether oxygens (including phenoxy) is 3. The summed E-state index contributed by atoms with van der Waals surface area (Å²) in [5, 5.41) is 18.0. The van der Waals surface area contributed by atoms with Crippen LogP contribution in [0, 0.1) is 0 Å². The molecule has 0 saturated carbocycles. The van der Waals surface area contributed by atoms with Crippen molar-refractivity contribution in [2.75, 3.05) is 19.8 Å². The van der Waals surface area contributed by atoms with Crippen molar-refractivity contribution in [3.05, 3.63) is 84.5 Å². The molecular weight excluding hydrogens is 480 g/mol. The van der Waals surface area contributed by atoms with Gasteiger partial charge in [0.05, 0.1) is 6.61 Å². The highest BCUT2D eigenvalue weighted by molar-refractivity contribution is 6.00. The van der Waals surface area contributed by atoms with Crippen molar-refractivity contribution in [3.63, 3.8) is 0 Å². The maximum atomic E-state index is 12.0. The minimum atomic E-state index is -0.967. The lowest BCUT2D eigenvalue weighted by molar-refractivity contribution is -0.156. The summed E-state index contributed by atoms with van der Waals surface area (Å²) in [5.41, 5.74) is 1.97. The number of aryl methyl sites for hydroxylation is 1. The number of rotatable bonds is 14. The summed E-state index contributed by atoms with van der Waals surface area (Å²) in [6, 6.07) is 9.66. The molecule has 1 rings (SSSR count). The second kappa shape index (κ2) is 18.4. The maximum Gasteiger partial charge on any atom is 0.340 e. The largest absolute Gasteiger partial charge is 0.458 e. The Morgan fingerprint density at radius 1 is 0.811 bits per heavy atom. The SMILES string of the molecule is C=C(C)C(=O)OC(=O)C(=C)C.C=C(CCCO)C(=O)OCC(CO)OC(=O)C(=C)CCc1ccccc1. The van der Waals surface area contributed by atoms with Crippen LogP contribution in [0.4, 0.5) is 0 Å². The molecule has 0 amide bonds. The molecule has 202 valence electrons. The van der Waals surface area contributed by atoms with Crippen molar-refractivity contribution in [1.82, 2.24) is 0 Å². The zero-order valence-corrected chi connectivity index (χ0v) is 21.5. The molecule has 0 aromatic heterocycles. The van der Waals surface area contributed by atoms with Gasteiger partial charge in [-0.25, -0.2) is 19.2 Å². The number of aliphatic hydroxyl groups is 2. The summed E-state index contributed by atoms with van der Waals surface area (Å²) >= 11 is 0. The second-order valence-electron chi connectivity index (χ2n) is 8.07. The molecule has 0 saturated heterocycles. The van der Waals surface area contributed by atoms with E-state index in [4.69, 9.17) is 14.6 Å². The molecular formula is C28H36O9. The summed E-state index contributed by atoms with van der Waals surface area (Å²) in [6.45, 7) is 16.0. The Hall–Kier alpha value is -3.82. The first kappa shape index (κ1) is 33.2. The third-order valence-corrected chi connectivity index (χ3v) is 4.53. The molecule has 1 atom stereocenters. The van der Waals surface area contributed by atoms with Crippen LogP contribution in [-0.4, -0.2) is 60.0 Å². The summed E-state index contributed by atoms with van der Waals surface area (Å²) < 4.78 is 14.4. The van der Waals surface area contributed by atoms with Crippen LogP contribution < -0.4 is 0 Å². The van der Waals surface area contributed by atoms with Crippen molar-refractivity contribution < 1.29 is 43.6 Å². The number of benzene rings is 1. The quantitative estimate of drug-likeness (QED) is 0.165. The predicted molar refractivity (Wildman–Crippen MR) is 138 cm³/mol. The third kappa shape index (κ3) is 15.0. The average molecular weight is 517 g/mol. The van der Waals surface area contributed by atoms with E-state index in [-0.39, 0.29) is 35.5 Å². The van der Waals surface area contributed by atoms with E-state index in [0.29, 0.717) is 25.7 Å². The molecule has 0 aliphatic rings. The fourth-order valence-electron chi connectivity index (χ4n) is 2.32. The second-order valence-corrected chi connectivity index (χ2v) is 8.07. The van der Waals surface area contributed by atoms with Gasteiger partial charge in [0.15, 0.2) is 6.10 Å². The van der Waals surface area contributed by atoms with Crippen LogP contribution in [0.15, 0.2) is 78.9 Å². The minimum absolute atomic E-state index is 0.0474. The molecule has 37 heavy (non-hydrogen) atoms. The number of carbonyl (C=O) groups is 4. The number of carbonyl (C=O) groups excluding carboxylic acids is 4. The van der Waals surface area contributed by atoms with Crippen molar-refractivity contribution in [2.45, 2.75) is 45.6 Å². The van der Waals surface area contributed by atoms with Crippen molar-refractivity contribution in [3.8, 4) is 0 Å². The first-order chi connectivity index (χ1) is 17.4. The molecule has 0 heterocycles. The summed E-state index contributed by atoms with van der Waals surface area (Å²) in [4.78, 5) is 45.1. The molecule has 9 nitrogen and oxygen atoms in total. The highest BCUT2D eigenvalue weighted by Gasteiger charge is 2.19. The van der Waals surface area contributed by atoms with E-state index < -0.39 is 36.6 Å². The molecule has 0 aliphatic carbocycles. The molecule has 2 N–H and O–H groups in total. The molecule has 1 aromatic carbocycles. The van der Waals surface area contributed by atoms with Gasteiger partial charge in [-0.1, -0.05) is 56.6 Å². The molecule has 0 aliphatic heterocycles. The molecule has 1 unspecified atom stereocenters. The van der Waals surface area contributed by atoms with E-state index in [0.717, 1.165) is 5.56 Å². The summed E-state index contributed by atoms with van der Waals surface area (Å²) in [5.74, 6) is -2.69. The van der Waals surface area contributed by atoms with E-state index in [1.54, 1.807) is 0 Å². The Morgan fingerprint density at radius 3 is 1.84 bits per heavy atom. The van der Waals surface area contributed by atoms with Gasteiger partial charge in [0.2, 0.25) is 0 Å². The van der Waals surface area contributed by atoms with Gasteiger partial charge < -0.3 is 24.4 Å². The van der Waals surface area contributed by atoms with Crippen molar-refractivity contribution >= 4 is 23.9 Å². The lowest BCUT2D eigenvalue weighted by Crippen LogP contribution is -2.29. The maximum absolute atomic E-state index is 12.0. The van der Waals surface area contributed by atoms with Gasteiger partial charge in [0.1, 0.15) is 6.61 Å². The number of hydrogen-bond donors (Lipinski definition) is 2. The summed E-state index contributed by atoms with van der Waals surface area (Å²) in [6.07, 6.45) is 0.838. The van der Waals surface area contributed by atoms with Crippen LogP contribution in [0.5, 0.6) is 0 Å². The highest BCUT2D eigenvalue weighted by atomic mass is 16.6. The van der Waals surface area contributed by atoms with Gasteiger partial charge in [-0.3, -0.25) is 0 Å². The van der Waals surface area contributed by atoms with E-state index >= 15 is 0 Å². The lowest BCUT2D eigenvalue weighted by Gasteiger charge is -2.17. The molecule has 0 radical (unpaired) electrons. The lowest BCUT2D eigenvalue weighted by atomic mass is 10.1. The number of hydrogen-bond acceptors (Lipinski definition) is 9. The Morgan fingerprint density at radius 2 is 1.35 bits per heavy atom. The first-order valence-electron chi connectivity index (χ1n) is 11.5. The molecule has 9 heteroatoms. The number of esters is 4. The average Bonchev–Trinajstić information content (AvgIpc) is 2.88. The molecule has 0 spiro atoms. The normalized spacial score (nSPS) is 10.6. The van der Waals surface area contributed by atoms with Gasteiger partial charge in [0.25, 0.3) is 0 Å². The zero-order valence-electron chi connectivity index (χ0n) is 21.5. The van der Waals surface area contributed by atoms with Gasteiger partial charge in [-0.15, -0.1) is 0 Å². The Labute approximate surface area is 217 Å². The van der Waals surface area contributed by atoms with Crippen LogP contribution in [0.25, 0.3) is 0 Å². The van der Waals surface area contributed by atoms with Crippen molar-refractivity contribution in [1.29, 1.82) is 0 Å². The van der Waals surface area contributed by atoms with Crippen LogP contribution in [0.1, 0.15) is 38.7 Å². The fraction of sp³-hybridized carbons (Fsp3) is 0.357. The fourth-order valence-corrected chi connectivity index (χ4v) is 2.32. The van der Waals surface area contributed by atoms with Crippen molar-refractivity contribution in [2.24, 2.45) is 0 Å². The monoisotopic (exact) mass is 516 g/mol. The zero-order chi connectivity index (χ0) is 28.4. The van der Waals surface area contributed by atoms with Gasteiger partial charge >= 0.3 is 23.9 Å². The minimum Gasteiger partial charge on any atom is -0.458 e. The standard InChI is InChI=1S/C20H26O6.C8H10O3/c1-15(7-6-12-21)19(23)25-14-18(13-22)26-20(24)16(2)10-11-17-8-4-3-5-9-17;1-5(2)7(9)11-8(10)6(3)4/h3-5,8-9,18,21-22H,1-2,6-7,10-14H2;1,3H2,2,4H3. The van der Waals surface area contributed by atoms with Crippen LogP contribution in [0.2, 0.25) is 0 Å². The molecule has 0 fully saturated rings. The van der Waals surface area contributed by atoms with Crippen LogP contribution >= 0.6 is 0 Å². The third-order valence-electron chi connectivity index (χ3n) is 4.53. The smallest absolute Gasteiger partial charge is 0.340 e. The van der Waals surface area contributed by atoms with Gasteiger partial charge in [-0.2, -0.15) is 0 Å². The highest BCUT2D eigenvalue weighted by Crippen LogP contribution is 2.11. The topological polar surface area (TPSA) is 136 Å². The summed E-state index contributed by atoms with van der Waals surface area (Å²) in [7, 11) is 0. The van der Waals surface area contributed by atoms with E-state index in [1.165, 1.54) is 13.8 Å². The molecule has 1 aromatic rings. The van der Waals surface area contributed by atoms with E-state index in [9.17, 15) is 24.3 Å². The van der Waals surface area contributed by atoms with Crippen LogP contribution in [0.3, 0.4) is 0 Å². The van der Waals surface area contributed by atoms with Gasteiger partial charge in [-0.05, 0) is 45.1 Å². The number of aliphatic hydroxyl groups excluding tert-OH is 2.